The third kappa shape index (κ3) is 4.09. The summed E-state index contributed by atoms with van der Waals surface area (Å²) in [7, 11) is 1.76. The van der Waals surface area contributed by atoms with E-state index in [4.69, 9.17) is 9.47 Å². The maximum absolute atomic E-state index is 5.39. The van der Waals surface area contributed by atoms with E-state index in [0.29, 0.717) is 12.6 Å². The molecule has 0 spiro atoms. The van der Waals surface area contributed by atoms with Crippen molar-refractivity contribution in [2.75, 3.05) is 33.5 Å². The molecule has 100 valence electrons. The van der Waals surface area contributed by atoms with Gasteiger partial charge in [0.25, 0.3) is 0 Å². The molecule has 1 aliphatic rings. The Morgan fingerprint density at radius 1 is 1.28 bits per heavy atom. The molecule has 0 bridgehead atoms. The molecule has 1 unspecified atom stereocenters. The van der Waals surface area contributed by atoms with Crippen LogP contribution in [0.15, 0.2) is 30.3 Å². The van der Waals surface area contributed by atoms with Crippen LogP contribution in [0.25, 0.3) is 0 Å². The van der Waals surface area contributed by atoms with Crippen molar-refractivity contribution in [3.05, 3.63) is 35.9 Å². The van der Waals surface area contributed by atoms with E-state index < -0.39 is 0 Å². The van der Waals surface area contributed by atoms with E-state index in [9.17, 15) is 0 Å². The quantitative estimate of drug-likeness (QED) is 0.839. The van der Waals surface area contributed by atoms with Crippen LogP contribution in [-0.4, -0.2) is 33.5 Å². The molecule has 1 atom stereocenters. The Hall–Kier alpha value is -0.900. The van der Waals surface area contributed by atoms with Gasteiger partial charge in [-0.3, -0.25) is 0 Å². The summed E-state index contributed by atoms with van der Waals surface area (Å²) in [5.41, 5.74) is 1.30. The van der Waals surface area contributed by atoms with Crippen molar-refractivity contribution < 1.29 is 9.47 Å². The normalized spacial score (nSPS) is 18.7. The molecular formula is C15H23NO2. The van der Waals surface area contributed by atoms with Crippen molar-refractivity contribution >= 4 is 0 Å². The molecule has 2 rings (SSSR count). The van der Waals surface area contributed by atoms with Crippen molar-refractivity contribution in [1.29, 1.82) is 0 Å². The lowest BCUT2D eigenvalue weighted by atomic mass is 9.99. The highest BCUT2D eigenvalue weighted by Crippen LogP contribution is 2.17. The Balaban J connectivity index is 1.86. The van der Waals surface area contributed by atoms with Gasteiger partial charge in [0.05, 0.1) is 12.6 Å². The summed E-state index contributed by atoms with van der Waals surface area (Å²) in [6.45, 7) is 3.58. The zero-order valence-electron chi connectivity index (χ0n) is 11.1. The topological polar surface area (TPSA) is 30.5 Å². The number of hydrogen-bond acceptors (Lipinski definition) is 3. The van der Waals surface area contributed by atoms with Gasteiger partial charge in [0.2, 0.25) is 0 Å². The lowest BCUT2D eigenvalue weighted by molar-refractivity contribution is 0.0638. The number of rotatable bonds is 6. The van der Waals surface area contributed by atoms with Gasteiger partial charge in [-0.2, -0.15) is 0 Å². The summed E-state index contributed by atoms with van der Waals surface area (Å²) in [4.78, 5) is 0. The van der Waals surface area contributed by atoms with Gasteiger partial charge in [0, 0.05) is 20.3 Å². The Morgan fingerprint density at radius 3 is 2.67 bits per heavy atom. The fraction of sp³-hybridized carbons (Fsp3) is 0.600. The van der Waals surface area contributed by atoms with Crippen molar-refractivity contribution in [2.45, 2.75) is 18.9 Å². The molecule has 1 N–H and O–H groups in total. The molecule has 0 aromatic heterocycles. The smallest absolute Gasteiger partial charge is 0.0657 e. The highest BCUT2D eigenvalue weighted by molar-refractivity contribution is 5.18. The van der Waals surface area contributed by atoms with Crippen LogP contribution in [0.4, 0.5) is 0 Å². The monoisotopic (exact) mass is 249 g/mol. The van der Waals surface area contributed by atoms with E-state index >= 15 is 0 Å². The fourth-order valence-electron chi connectivity index (χ4n) is 2.38. The summed E-state index contributed by atoms with van der Waals surface area (Å²) < 4.78 is 10.7. The molecule has 1 heterocycles. The molecule has 1 saturated heterocycles. The maximum atomic E-state index is 5.39. The van der Waals surface area contributed by atoms with E-state index in [-0.39, 0.29) is 0 Å². The Kier molecular flexibility index (Phi) is 5.65. The van der Waals surface area contributed by atoms with Crippen LogP contribution >= 0.6 is 0 Å². The second kappa shape index (κ2) is 7.52. The highest BCUT2D eigenvalue weighted by atomic mass is 16.5. The fourth-order valence-corrected chi connectivity index (χ4v) is 2.38. The van der Waals surface area contributed by atoms with Gasteiger partial charge in [-0.1, -0.05) is 30.3 Å². The second-order valence-corrected chi connectivity index (χ2v) is 4.88. The van der Waals surface area contributed by atoms with Crippen LogP contribution in [0.2, 0.25) is 0 Å². The molecule has 18 heavy (non-hydrogen) atoms. The highest BCUT2D eigenvalue weighted by Gasteiger charge is 2.16. The molecule has 1 aliphatic heterocycles. The van der Waals surface area contributed by atoms with Gasteiger partial charge in [0.1, 0.15) is 0 Å². The van der Waals surface area contributed by atoms with Gasteiger partial charge < -0.3 is 14.8 Å². The number of benzene rings is 1. The molecule has 0 amide bonds. The van der Waals surface area contributed by atoms with Crippen LogP contribution in [0, 0.1) is 5.92 Å². The average Bonchev–Trinajstić information content (AvgIpc) is 2.45. The number of methoxy groups -OCH3 is 1. The molecule has 0 saturated carbocycles. The first-order valence-electron chi connectivity index (χ1n) is 6.75. The number of ether oxygens (including phenoxy) is 2. The van der Waals surface area contributed by atoms with Gasteiger partial charge in [-0.15, -0.1) is 0 Å². The predicted molar refractivity (Wildman–Crippen MR) is 72.6 cm³/mol. The van der Waals surface area contributed by atoms with Crippen LogP contribution in [0.5, 0.6) is 0 Å². The summed E-state index contributed by atoms with van der Waals surface area (Å²) in [5.74, 6) is 0.738. The van der Waals surface area contributed by atoms with Crippen molar-refractivity contribution in [3.63, 3.8) is 0 Å². The van der Waals surface area contributed by atoms with Crippen LogP contribution in [0.3, 0.4) is 0 Å². The zero-order valence-corrected chi connectivity index (χ0v) is 11.1. The molecule has 1 aromatic carbocycles. The summed E-state index contributed by atoms with van der Waals surface area (Å²) in [6.07, 6.45) is 2.34. The first-order valence-corrected chi connectivity index (χ1v) is 6.75. The summed E-state index contributed by atoms with van der Waals surface area (Å²) in [6, 6.07) is 10.8. The Bertz CT molecular complexity index is 323. The summed E-state index contributed by atoms with van der Waals surface area (Å²) in [5, 5.41) is 3.63. The molecule has 1 aromatic rings. The molecule has 0 aliphatic carbocycles. The van der Waals surface area contributed by atoms with Crippen molar-refractivity contribution in [1.82, 2.24) is 5.32 Å². The average molecular weight is 249 g/mol. The molecule has 0 radical (unpaired) electrons. The number of hydrogen-bond donors (Lipinski definition) is 1. The van der Waals surface area contributed by atoms with Crippen LogP contribution in [-0.2, 0) is 9.47 Å². The minimum atomic E-state index is 0.291. The molecule has 3 heteroatoms. The zero-order chi connectivity index (χ0) is 12.6. The Labute approximate surface area is 109 Å². The first-order chi connectivity index (χ1) is 8.90. The van der Waals surface area contributed by atoms with Crippen molar-refractivity contribution in [3.8, 4) is 0 Å². The third-order valence-corrected chi connectivity index (χ3v) is 3.53. The van der Waals surface area contributed by atoms with Crippen molar-refractivity contribution in [2.24, 2.45) is 5.92 Å². The minimum Gasteiger partial charge on any atom is -0.383 e. The maximum Gasteiger partial charge on any atom is 0.0657 e. The molecular weight excluding hydrogens is 226 g/mol. The third-order valence-electron chi connectivity index (χ3n) is 3.53. The first kappa shape index (κ1) is 13.5. The van der Waals surface area contributed by atoms with E-state index in [1.807, 2.05) is 6.07 Å². The SMILES string of the molecule is COCC(NCC1CCOCC1)c1ccccc1. The van der Waals surface area contributed by atoms with Gasteiger partial charge in [-0.05, 0) is 30.9 Å². The molecule has 3 nitrogen and oxygen atoms in total. The standard InChI is InChI=1S/C15H23NO2/c1-17-12-15(14-5-3-2-4-6-14)16-11-13-7-9-18-10-8-13/h2-6,13,15-16H,7-12H2,1H3. The van der Waals surface area contributed by atoms with E-state index in [0.717, 1.165) is 25.7 Å². The van der Waals surface area contributed by atoms with Crippen LogP contribution < -0.4 is 5.32 Å². The van der Waals surface area contributed by atoms with E-state index in [1.165, 1.54) is 18.4 Å². The Morgan fingerprint density at radius 2 is 2.00 bits per heavy atom. The second-order valence-electron chi connectivity index (χ2n) is 4.88. The minimum absolute atomic E-state index is 0.291. The van der Waals surface area contributed by atoms with Gasteiger partial charge >= 0.3 is 0 Å². The molecule has 1 fully saturated rings. The predicted octanol–water partition coefficient (Wildman–Crippen LogP) is 2.39. The van der Waals surface area contributed by atoms with Crippen LogP contribution in [0.1, 0.15) is 24.4 Å². The lowest BCUT2D eigenvalue weighted by Gasteiger charge is -2.25. The number of nitrogens with one attached hydrogen (secondary N) is 1. The van der Waals surface area contributed by atoms with Gasteiger partial charge in [0.15, 0.2) is 0 Å². The lowest BCUT2D eigenvalue weighted by Crippen LogP contribution is -2.32. The van der Waals surface area contributed by atoms with Gasteiger partial charge in [-0.25, -0.2) is 0 Å². The summed E-state index contributed by atoms with van der Waals surface area (Å²) >= 11 is 0. The van der Waals surface area contributed by atoms with E-state index in [1.54, 1.807) is 7.11 Å². The van der Waals surface area contributed by atoms with E-state index in [2.05, 4.69) is 29.6 Å². The largest absolute Gasteiger partial charge is 0.383 e.